The van der Waals surface area contributed by atoms with Crippen LogP contribution in [0.5, 0.6) is 0 Å². The summed E-state index contributed by atoms with van der Waals surface area (Å²) in [4.78, 5) is 35.2. The maximum absolute atomic E-state index is 12.6. The molecule has 0 saturated carbocycles. The lowest BCUT2D eigenvalue weighted by Gasteiger charge is -2.24. The SMILES string of the molecule is CC/C=C/C/C=C/C=C/C(O)CCCCCCCC(=O)O[C@H](COC(=O)CCCCCCCCCCCCC)COP(=O)(O)OCC[N+](C)(C)C. The van der Waals surface area contributed by atoms with Crippen molar-refractivity contribution in [3.63, 3.8) is 0 Å². The predicted molar refractivity (Wildman–Crippen MR) is 207 cm³/mol. The number of rotatable bonds is 35. The molecule has 11 heteroatoms. The molecule has 298 valence electrons. The minimum Gasteiger partial charge on any atom is -0.462 e. The summed E-state index contributed by atoms with van der Waals surface area (Å²) in [6.45, 7) is 4.15. The van der Waals surface area contributed by atoms with Crippen molar-refractivity contribution < 1.29 is 47.2 Å². The van der Waals surface area contributed by atoms with Gasteiger partial charge in [0.05, 0.1) is 33.9 Å². The van der Waals surface area contributed by atoms with E-state index in [4.69, 9.17) is 18.5 Å². The van der Waals surface area contributed by atoms with E-state index in [1.165, 1.54) is 51.4 Å². The molecule has 0 aromatic heterocycles. The molecule has 0 spiro atoms. The number of aliphatic hydroxyl groups is 1. The smallest absolute Gasteiger partial charge is 0.462 e. The number of aliphatic hydroxyl groups excluding tert-OH is 1. The molecular weight excluding hydrogens is 669 g/mol. The van der Waals surface area contributed by atoms with Crippen LogP contribution in [0.1, 0.15) is 149 Å². The summed E-state index contributed by atoms with van der Waals surface area (Å²) < 4.78 is 34.1. The molecule has 0 aliphatic carbocycles. The van der Waals surface area contributed by atoms with Gasteiger partial charge in [0, 0.05) is 12.8 Å². The van der Waals surface area contributed by atoms with Crippen molar-refractivity contribution in [1.29, 1.82) is 0 Å². The average molecular weight is 745 g/mol. The molecule has 0 aromatic carbocycles. The van der Waals surface area contributed by atoms with Gasteiger partial charge >= 0.3 is 19.8 Å². The third kappa shape index (κ3) is 36.3. The molecule has 0 saturated heterocycles. The molecule has 0 bridgehead atoms. The maximum Gasteiger partial charge on any atom is 0.472 e. The van der Waals surface area contributed by atoms with Gasteiger partial charge in [0.2, 0.25) is 0 Å². The number of unbranched alkanes of at least 4 members (excludes halogenated alkanes) is 14. The Kier molecular flexibility index (Phi) is 31.6. The number of carbonyl (C=O) groups excluding carboxylic acids is 2. The highest BCUT2D eigenvalue weighted by molar-refractivity contribution is 7.47. The highest BCUT2D eigenvalue weighted by atomic mass is 31.2. The highest BCUT2D eigenvalue weighted by Crippen LogP contribution is 2.43. The predicted octanol–water partition coefficient (Wildman–Crippen LogP) is 9.54. The van der Waals surface area contributed by atoms with Gasteiger partial charge in [0.15, 0.2) is 6.10 Å². The molecule has 0 aliphatic heterocycles. The molecule has 0 heterocycles. The lowest BCUT2D eigenvalue weighted by atomic mass is 10.1. The molecule has 0 amide bonds. The number of phosphoric acid groups is 1. The van der Waals surface area contributed by atoms with Crippen molar-refractivity contribution in [2.45, 2.75) is 161 Å². The molecule has 51 heavy (non-hydrogen) atoms. The zero-order valence-corrected chi connectivity index (χ0v) is 33.8. The van der Waals surface area contributed by atoms with Crippen LogP contribution >= 0.6 is 7.82 Å². The van der Waals surface area contributed by atoms with Crippen LogP contribution in [0, 0.1) is 0 Å². The van der Waals surface area contributed by atoms with Crippen molar-refractivity contribution in [2.75, 3.05) is 47.5 Å². The average Bonchev–Trinajstić information content (AvgIpc) is 3.06. The van der Waals surface area contributed by atoms with Crippen molar-refractivity contribution >= 4 is 19.8 Å². The Labute approximate surface area is 311 Å². The fourth-order valence-electron chi connectivity index (χ4n) is 5.14. The quantitative estimate of drug-likeness (QED) is 0.0163. The number of ether oxygens (including phenoxy) is 2. The van der Waals surface area contributed by atoms with E-state index in [2.05, 4.69) is 32.1 Å². The fraction of sp³-hybridized carbons (Fsp3) is 0.800. The minimum absolute atomic E-state index is 0.0138. The van der Waals surface area contributed by atoms with Crippen LogP contribution in [-0.2, 0) is 32.7 Å². The zero-order chi connectivity index (χ0) is 38.1. The van der Waals surface area contributed by atoms with Gasteiger partial charge in [-0.15, -0.1) is 0 Å². The van der Waals surface area contributed by atoms with Gasteiger partial charge in [-0.1, -0.05) is 140 Å². The molecule has 2 N–H and O–H groups in total. The molecule has 10 nitrogen and oxygen atoms in total. The van der Waals surface area contributed by atoms with Gasteiger partial charge in [0.25, 0.3) is 0 Å². The third-order valence-corrected chi connectivity index (χ3v) is 9.27. The summed E-state index contributed by atoms with van der Waals surface area (Å²) in [5.41, 5.74) is 0. The zero-order valence-electron chi connectivity index (χ0n) is 32.9. The first-order valence-corrected chi connectivity index (χ1v) is 21.3. The van der Waals surface area contributed by atoms with Crippen LogP contribution in [0.4, 0.5) is 0 Å². The number of nitrogens with zero attached hydrogens (tertiary/aromatic N) is 1. The number of allylic oxidation sites excluding steroid dienone is 5. The van der Waals surface area contributed by atoms with Gasteiger partial charge in [-0.05, 0) is 32.1 Å². The Morgan fingerprint density at radius 2 is 1.27 bits per heavy atom. The Bertz CT molecular complexity index is 993. The Morgan fingerprint density at radius 1 is 0.706 bits per heavy atom. The summed E-state index contributed by atoms with van der Waals surface area (Å²) in [6, 6.07) is 0. The van der Waals surface area contributed by atoms with Crippen LogP contribution in [-0.4, -0.2) is 86.1 Å². The van der Waals surface area contributed by atoms with Gasteiger partial charge in [0.1, 0.15) is 19.8 Å². The van der Waals surface area contributed by atoms with Crippen LogP contribution in [0.3, 0.4) is 0 Å². The molecular formula is C40H75NO9P+. The summed E-state index contributed by atoms with van der Waals surface area (Å²) in [5, 5.41) is 10.1. The van der Waals surface area contributed by atoms with Gasteiger partial charge in [-0.2, -0.15) is 0 Å². The number of carbonyl (C=O) groups is 2. The Hall–Kier alpha value is -1.81. The summed E-state index contributed by atoms with van der Waals surface area (Å²) in [5.74, 6) is -0.877. The maximum atomic E-state index is 12.6. The normalized spacial score (nSPS) is 14.7. The number of likely N-dealkylation sites (N-methyl/N-ethyl adjacent to an activating group) is 1. The summed E-state index contributed by atoms with van der Waals surface area (Å²) >= 11 is 0. The molecule has 0 aliphatic rings. The van der Waals surface area contributed by atoms with E-state index in [1.54, 1.807) is 6.08 Å². The summed E-state index contributed by atoms with van der Waals surface area (Å²) in [6.07, 6.45) is 30.7. The monoisotopic (exact) mass is 745 g/mol. The van der Waals surface area contributed by atoms with E-state index in [1.807, 2.05) is 33.3 Å². The lowest BCUT2D eigenvalue weighted by molar-refractivity contribution is -0.870. The molecule has 0 rings (SSSR count). The largest absolute Gasteiger partial charge is 0.472 e. The highest BCUT2D eigenvalue weighted by Gasteiger charge is 2.27. The first-order chi connectivity index (χ1) is 24.4. The van der Waals surface area contributed by atoms with E-state index < -0.39 is 38.6 Å². The first kappa shape index (κ1) is 49.2. The van der Waals surface area contributed by atoms with E-state index in [0.29, 0.717) is 23.9 Å². The van der Waals surface area contributed by atoms with Crippen LogP contribution in [0.15, 0.2) is 36.5 Å². The van der Waals surface area contributed by atoms with E-state index in [-0.39, 0.29) is 26.1 Å². The Morgan fingerprint density at radius 3 is 1.86 bits per heavy atom. The number of hydrogen-bond donors (Lipinski definition) is 2. The van der Waals surface area contributed by atoms with E-state index >= 15 is 0 Å². The molecule has 0 radical (unpaired) electrons. The number of esters is 2. The molecule has 0 aromatic rings. The first-order valence-electron chi connectivity index (χ1n) is 19.8. The second kappa shape index (κ2) is 32.8. The van der Waals surface area contributed by atoms with Crippen LogP contribution < -0.4 is 0 Å². The fourth-order valence-corrected chi connectivity index (χ4v) is 5.88. The molecule has 0 fully saturated rings. The van der Waals surface area contributed by atoms with Crippen LogP contribution in [0.2, 0.25) is 0 Å². The number of phosphoric ester groups is 1. The van der Waals surface area contributed by atoms with E-state index in [0.717, 1.165) is 57.8 Å². The second-order valence-corrected chi connectivity index (χ2v) is 15.9. The Balaban J connectivity index is 4.52. The summed E-state index contributed by atoms with van der Waals surface area (Å²) in [7, 11) is 1.41. The third-order valence-electron chi connectivity index (χ3n) is 8.29. The van der Waals surface area contributed by atoms with Crippen molar-refractivity contribution in [3.05, 3.63) is 36.5 Å². The van der Waals surface area contributed by atoms with Gasteiger partial charge in [-0.3, -0.25) is 18.6 Å². The lowest BCUT2D eigenvalue weighted by Crippen LogP contribution is -2.37. The minimum atomic E-state index is -4.39. The van der Waals surface area contributed by atoms with E-state index in [9.17, 15) is 24.2 Å². The molecule has 3 atom stereocenters. The number of hydrogen-bond acceptors (Lipinski definition) is 8. The second-order valence-electron chi connectivity index (χ2n) is 14.5. The van der Waals surface area contributed by atoms with Crippen molar-refractivity contribution in [3.8, 4) is 0 Å². The van der Waals surface area contributed by atoms with Crippen molar-refractivity contribution in [1.82, 2.24) is 0 Å². The van der Waals surface area contributed by atoms with Gasteiger partial charge < -0.3 is 24.0 Å². The van der Waals surface area contributed by atoms with Crippen LogP contribution in [0.25, 0.3) is 0 Å². The standard InChI is InChI=1S/C40H74NO9P/c1-6-8-10-12-14-15-16-17-19-23-27-31-39(43)47-35-38(36-49-51(45,46)48-34-33-41(3,4)5)50-40(44)32-28-24-20-22-26-30-37(42)29-25-21-18-13-11-9-7-2/h9,11,18,21,25,29,37-38,42H,6-8,10,12-17,19-20,22-24,26-28,30-36H2,1-5H3/p+1/b11-9+,21-18+,29-25+/t37?,38-/m1/s1. The molecule has 2 unspecified atom stereocenters. The van der Waals surface area contributed by atoms with Gasteiger partial charge in [-0.25, -0.2) is 4.57 Å². The number of quaternary nitrogens is 1. The van der Waals surface area contributed by atoms with Crippen molar-refractivity contribution in [2.24, 2.45) is 0 Å². The topological polar surface area (TPSA) is 129 Å².